The molecule has 0 saturated carbocycles. The Labute approximate surface area is 106 Å². The minimum Gasteiger partial charge on any atom is -0.313 e. The van der Waals surface area contributed by atoms with Gasteiger partial charge in [0.25, 0.3) is 0 Å². The van der Waals surface area contributed by atoms with Crippen molar-refractivity contribution in [2.75, 3.05) is 7.05 Å². The van der Waals surface area contributed by atoms with Crippen LogP contribution in [0.25, 0.3) is 0 Å². The molecule has 0 aromatic carbocycles. The lowest BCUT2D eigenvalue weighted by molar-refractivity contribution is 0.548. The highest BCUT2D eigenvalue weighted by Crippen LogP contribution is 2.25. The van der Waals surface area contributed by atoms with Crippen LogP contribution in [-0.4, -0.2) is 16.8 Å². The summed E-state index contributed by atoms with van der Waals surface area (Å²) >= 11 is 1.78. The molecule has 17 heavy (non-hydrogen) atoms. The van der Waals surface area contributed by atoms with E-state index in [-0.39, 0.29) is 0 Å². The van der Waals surface area contributed by atoms with Crippen molar-refractivity contribution < 1.29 is 0 Å². The van der Waals surface area contributed by atoms with Crippen LogP contribution in [0.2, 0.25) is 0 Å². The second kappa shape index (κ2) is 5.47. The molecule has 0 aliphatic rings. The van der Waals surface area contributed by atoms with Gasteiger partial charge < -0.3 is 5.32 Å². The van der Waals surface area contributed by atoms with Gasteiger partial charge in [0, 0.05) is 19.3 Å². The molecule has 3 nitrogen and oxygen atoms in total. The lowest BCUT2D eigenvalue weighted by atomic mass is 10.0. The molecule has 2 rings (SSSR count). The Kier molecular flexibility index (Phi) is 3.97. The molecule has 1 N–H and O–H groups in total. The second-order valence-corrected chi connectivity index (χ2v) is 5.16. The van der Waals surface area contributed by atoms with Crippen LogP contribution in [0.1, 0.15) is 29.2 Å². The Hall–Kier alpha value is -1.13. The molecule has 0 radical (unpaired) electrons. The molecule has 2 heterocycles. The molecule has 2 aromatic heterocycles. The average Bonchev–Trinajstić information content (AvgIpc) is 2.90. The van der Waals surface area contributed by atoms with Gasteiger partial charge in [0.05, 0.1) is 6.20 Å². The Morgan fingerprint density at radius 3 is 2.82 bits per heavy atom. The highest BCUT2D eigenvalue weighted by atomic mass is 32.1. The molecule has 2 aromatic rings. The van der Waals surface area contributed by atoms with E-state index in [1.807, 2.05) is 25.0 Å². The van der Waals surface area contributed by atoms with Crippen LogP contribution in [0.5, 0.6) is 0 Å². The zero-order chi connectivity index (χ0) is 12.3. The minimum atomic E-state index is 0.446. The van der Waals surface area contributed by atoms with Crippen molar-refractivity contribution >= 4 is 11.3 Å². The molecule has 1 unspecified atom stereocenters. The normalized spacial score (nSPS) is 12.9. The van der Waals surface area contributed by atoms with Gasteiger partial charge in [-0.2, -0.15) is 16.4 Å². The first kappa shape index (κ1) is 12.3. The number of thiophene rings is 1. The van der Waals surface area contributed by atoms with Gasteiger partial charge in [0.1, 0.15) is 0 Å². The fraction of sp³-hybridized carbons (Fsp3) is 0.462. The third-order valence-corrected chi connectivity index (χ3v) is 3.98. The summed E-state index contributed by atoms with van der Waals surface area (Å²) in [6.45, 7) is 2.18. The van der Waals surface area contributed by atoms with Crippen LogP contribution in [0.3, 0.4) is 0 Å². The molecule has 1 atom stereocenters. The summed E-state index contributed by atoms with van der Waals surface area (Å²) in [6.07, 6.45) is 6.22. The van der Waals surface area contributed by atoms with Gasteiger partial charge >= 0.3 is 0 Å². The molecule has 0 aliphatic carbocycles. The minimum absolute atomic E-state index is 0.446. The molecule has 4 heteroatoms. The zero-order valence-electron chi connectivity index (χ0n) is 10.6. The summed E-state index contributed by atoms with van der Waals surface area (Å²) in [5, 5.41) is 12.1. The smallest absolute Gasteiger partial charge is 0.0521 e. The monoisotopic (exact) mass is 249 g/mol. The molecule has 0 amide bonds. The molecule has 0 saturated heterocycles. The molecule has 0 bridgehead atoms. The van der Waals surface area contributed by atoms with Gasteiger partial charge in [-0.25, -0.2) is 0 Å². The van der Waals surface area contributed by atoms with Crippen molar-refractivity contribution in [1.29, 1.82) is 0 Å². The zero-order valence-corrected chi connectivity index (χ0v) is 11.4. The summed E-state index contributed by atoms with van der Waals surface area (Å²) in [7, 11) is 3.99. The largest absolute Gasteiger partial charge is 0.313 e. The summed E-state index contributed by atoms with van der Waals surface area (Å²) in [6, 6.07) is 0.446. The van der Waals surface area contributed by atoms with E-state index < -0.39 is 0 Å². The van der Waals surface area contributed by atoms with E-state index in [0.29, 0.717) is 6.04 Å². The van der Waals surface area contributed by atoms with Crippen LogP contribution >= 0.6 is 11.3 Å². The number of nitrogens with zero attached hydrogens (tertiary/aromatic N) is 2. The fourth-order valence-corrected chi connectivity index (χ4v) is 3.00. The summed E-state index contributed by atoms with van der Waals surface area (Å²) in [5.74, 6) is 0. The summed E-state index contributed by atoms with van der Waals surface area (Å²) < 4.78 is 1.86. The van der Waals surface area contributed by atoms with Crippen molar-refractivity contribution in [2.45, 2.75) is 25.8 Å². The Morgan fingerprint density at radius 2 is 2.29 bits per heavy atom. The van der Waals surface area contributed by atoms with E-state index in [2.05, 4.69) is 34.3 Å². The van der Waals surface area contributed by atoms with Crippen LogP contribution < -0.4 is 5.32 Å². The predicted molar refractivity (Wildman–Crippen MR) is 72.4 cm³/mol. The first-order valence-electron chi connectivity index (χ1n) is 5.88. The maximum atomic E-state index is 4.20. The molecular formula is C13H19N3S. The van der Waals surface area contributed by atoms with E-state index in [1.165, 1.54) is 16.7 Å². The number of hydrogen-bond donors (Lipinski definition) is 1. The van der Waals surface area contributed by atoms with E-state index >= 15 is 0 Å². The van der Waals surface area contributed by atoms with Crippen molar-refractivity contribution in [3.8, 4) is 0 Å². The quantitative estimate of drug-likeness (QED) is 0.883. The number of aromatic nitrogens is 2. The van der Waals surface area contributed by atoms with Crippen LogP contribution in [0.15, 0.2) is 23.2 Å². The molecule has 0 aliphatic heterocycles. The maximum Gasteiger partial charge on any atom is 0.0521 e. The van der Waals surface area contributed by atoms with Crippen molar-refractivity contribution in [2.24, 2.45) is 7.05 Å². The van der Waals surface area contributed by atoms with E-state index in [1.54, 1.807) is 11.3 Å². The highest BCUT2D eigenvalue weighted by Gasteiger charge is 2.12. The van der Waals surface area contributed by atoms with Gasteiger partial charge in [-0.05, 0) is 54.3 Å². The summed E-state index contributed by atoms with van der Waals surface area (Å²) in [5.41, 5.74) is 4.13. The topological polar surface area (TPSA) is 29.9 Å². The van der Waals surface area contributed by atoms with Crippen LogP contribution in [0, 0.1) is 6.92 Å². The van der Waals surface area contributed by atoms with Gasteiger partial charge in [0.2, 0.25) is 0 Å². The van der Waals surface area contributed by atoms with Gasteiger partial charge in [-0.1, -0.05) is 0 Å². The molecule has 92 valence electrons. The Morgan fingerprint density at radius 1 is 1.47 bits per heavy atom. The first-order chi connectivity index (χ1) is 8.20. The molecular weight excluding hydrogens is 230 g/mol. The van der Waals surface area contributed by atoms with E-state index in [0.717, 1.165) is 12.8 Å². The number of hydrogen-bond acceptors (Lipinski definition) is 3. The van der Waals surface area contributed by atoms with E-state index in [9.17, 15) is 0 Å². The average molecular weight is 249 g/mol. The van der Waals surface area contributed by atoms with E-state index in [4.69, 9.17) is 0 Å². The molecule has 0 spiro atoms. The second-order valence-electron chi connectivity index (χ2n) is 4.41. The lowest BCUT2D eigenvalue weighted by Crippen LogP contribution is -2.17. The van der Waals surface area contributed by atoms with Crippen LogP contribution in [-0.2, 0) is 13.5 Å². The number of nitrogens with one attached hydrogen (secondary N) is 1. The van der Waals surface area contributed by atoms with Crippen molar-refractivity contribution in [3.05, 3.63) is 39.8 Å². The number of rotatable bonds is 5. The standard InChI is InChI=1S/C13H19N3S/c1-10-8-17-9-12(10)13(14-2)5-4-11-6-15-16(3)7-11/h6-9,13-14H,4-5H2,1-3H3. The highest BCUT2D eigenvalue weighted by molar-refractivity contribution is 7.08. The predicted octanol–water partition coefficient (Wildman–Crippen LogP) is 2.68. The third kappa shape index (κ3) is 2.96. The van der Waals surface area contributed by atoms with Gasteiger partial charge in [-0.3, -0.25) is 4.68 Å². The Balaban J connectivity index is 1.99. The lowest BCUT2D eigenvalue weighted by Gasteiger charge is -2.15. The Bertz CT molecular complexity index is 472. The van der Waals surface area contributed by atoms with Crippen molar-refractivity contribution in [1.82, 2.24) is 15.1 Å². The van der Waals surface area contributed by atoms with Gasteiger partial charge in [0.15, 0.2) is 0 Å². The summed E-state index contributed by atoms with van der Waals surface area (Å²) in [4.78, 5) is 0. The fourth-order valence-electron chi connectivity index (χ4n) is 2.09. The van der Waals surface area contributed by atoms with Crippen molar-refractivity contribution in [3.63, 3.8) is 0 Å². The maximum absolute atomic E-state index is 4.20. The van der Waals surface area contributed by atoms with Crippen LogP contribution in [0.4, 0.5) is 0 Å². The molecule has 0 fully saturated rings. The third-order valence-electron chi connectivity index (χ3n) is 3.10. The van der Waals surface area contributed by atoms with Gasteiger partial charge in [-0.15, -0.1) is 0 Å². The first-order valence-corrected chi connectivity index (χ1v) is 6.82. The number of aryl methyl sites for hydroxylation is 3. The SMILES string of the molecule is CNC(CCc1cnn(C)c1)c1cscc1C.